The highest BCUT2D eigenvalue weighted by Gasteiger charge is 2.46. The first-order chi connectivity index (χ1) is 15.5. The van der Waals surface area contributed by atoms with Crippen LogP contribution in [0.25, 0.3) is 10.2 Å². The molecule has 1 N–H and O–H groups in total. The molecule has 0 bridgehead atoms. The Morgan fingerprint density at radius 3 is 2.78 bits per heavy atom. The van der Waals surface area contributed by atoms with Crippen LogP contribution in [-0.2, 0) is 4.79 Å². The highest BCUT2D eigenvalue weighted by molar-refractivity contribution is 9.10. The molecule has 0 unspecified atom stereocenters. The molecule has 2 aromatic carbocycles. The largest absolute Gasteiger partial charge is 0.503 e. The van der Waals surface area contributed by atoms with Gasteiger partial charge in [0.1, 0.15) is 5.75 Å². The Balaban J connectivity index is 1.68. The number of nitrogens with zero attached hydrogens (tertiary/aromatic N) is 2. The summed E-state index contributed by atoms with van der Waals surface area (Å²) in [6, 6.07) is 14.8. The standard InChI is InChI=1S/C23H15BrN2O5S/c1-30-14-7-8-15-17(11-14)32-23(25-15)26-19(12-4-2-5-13(24)10-12)18(21(28)22(26)29)20(27)16-6-3-9-31-16/h2-11,19,28H,1H3/t19-/m0/s1. The van der Waals surface area contributed by atoms with Gasteiger partial charge in [-0.2, -0.15) is 0 Å². The molecule has 0 saturated carbocycles. The van der Waals surface area contributed by atoms with Crippen LogP contribution in [-0.4, -0.2) is 28.9 Å². The monoisotopic (exact) mass is 510 g/mol. The van der Waals surface area contributed by atoms with Crippen LogP contribution in [0.3, 0.4) is 0 Å². The minimum absolute atomic E-state index is 0.0373. The normalized spacial score (nSPS) is 16.2. The quantitative estimate of drug-likeness (QED) is 0.359. The number of carbonyl (C=O) groups is 2. The number of hydrogen-bond acceptors (Lipinski definition) is 7. The number of furan rings is 1. The molecule has 9 heteroatoms. The van der Waals surface area contributed by atoms with E-state index in [1.54, 1.807) is 43.5 Å². The maximum absolute atomic E-state index is 13.2. The molecule has 0 saturated heterocycles. The third kappa shape index (κ3) is 3.30. The van der Waals surface area contributed by atoms with Crippen LogP contribution < -0.4 is 9.64 Å². The van der Waals surface area contributed by atoms with Gasteiger partial charge >= 0.3 is 0 Å². The van der Waals surface area contributed by atoms with E-state index in [0.29, 0.717) is 22.0 Å². The first-order valence-electron chi connectivity index (χ1n) is 9.53. The van der Waals surface area contributed by atoms with Gasteiger partial charge in [0, 0.05) is 4.47 Å². The number of thiazole rings is 1. The predicted octanol–water partition coefficient (Wildman–Crippen LogP) is 5.44. The summed E-state index contributed by atoms with van der Waals surface area (Å²) in [5.74, 6) is -1.17. The number of benzene rings is 2. The summed E-state index contributed by atoms with van der Waals surface area (Å²) in [5.41, 5.74) is 1.26. The van der Waals surface area contributed by atoms with E-state index in [2.05, 4.69) is 20.9 Å². The van der Waals surface area contributed by atoms with Crippen molar-refractivity contribution in [2.45, 2.75) is 6.04 Å². The van der Waals surface area contributed by atoms with E-state index < -0.39 is 23.5 Å². The van der Waals surface area contributed by atoms with Crippen molar-refractivity contribution in [3.8, 4) is 5.75 Å². The number of aromatic nitrogens is 1. The molecule has 0 radical (unpaired) electrons. The summed E-state index contributed by atoms with van der Waals surface area (Å²) in [7, 11) is 1.57. The average Bonchev–Trinajstić information content (AvgIpc) is 3.51. The molecular weight excluding hydrogens is 496 g/mol. The van der Waals surface area contributed by atoms with Crippen molar-refractivity contribution in [1.29, 1.82) is 0 Å². The molecule has 1 atom stereocenters. The predicted molar refractivity (Wildman–Crippen MR) is 123 cm³/mol. The molecule has 4 aromatic rings. The zero-order valence-corrected chi connectivity index (χ0v) is 19.0. The van der Waals surface area contributed by atoms with Gasteiger partial charge in [-0.05, 0) is 48.0 Å². The highest BCUT2D eigenvalue weighted by atomic mass is 79.9. The Bertz CT molecular complexity index is 1390. The van der Waals surface area contributed by atoms with Crippen molar-refractivity contribution in [2.24, 2.45) is 0 Å². The lowest BCUT2D eigenvalue weighted by Crippen LogP contribution is -2.30. The Morgan fingerprint density at radius 1 is 1.22 bits per heavy atom. The van der Waals surface area contributed by atoms with Gasteiger partial charge in [-0.1, -0.05) is 39.4 Å². The Hall–Kier alpha value is -3.43. The number of ether oxygens (including phenoxy) is 1. The third-order valence-electron chi connectivity index (χ3n) is 5.15. The molecule has 5 rings (SSSR count). The van der Waals surface area contributed by atoms with Crippen LogP contribution in [0.1, 0.15) is 22.2 Å². The summed E-state index contributed by atoms with van der Waals surface area (Å²) in [5, 5.41) is 11.1. The van der Waals surface area contributed by atoms with Gasteiger partial charge in [-0.15, -0.1) is 0 Å². The number of rotatable bonds is 5. The van der Waals surface area contributed by atoms with Gasteiger partial charge in [0.2, 0.25) is 5.78 Å². The van der Waals surface area contributed by atoms with Crippen molar-refractivity contribution in [1.82, 2.24) is 4.98 Å². The van der Waals surface area contributed by atoms with Crippen LogP contribution in [0, 0.1) is 0 Å². The second-order valence-electron chi connectivity index (χ2n) is 7.03. The first-order valence-corrected chi connectivity index (χ1v) is 11.1. The van der Waals surface area contributed by atoms with Gasteiger partial charge in [0.05, 0.1) is 35.2 Å². The molecular formula is C23H15BrN2O5S. The van der Waals surface area contributed by atoms with Crippen molar-refractivity contribution >= 4 is 54.3 Å². The number of carbonyl (C=O) groups excluding carboxylic acids is 2. The van der Waals surface area contributed by atoms with Gasteiger partial charge in [0.15, 0.2) is 16.7 Å². The number of hydrogen-bond donors (Lipinski definition) is 1. The summed E-state index contributed by atoms with van der Waals surface area (Å²) in [4.78, 5) is 32.4. The number of methoxy groups -OCH3 is 1. The molecule has 0 fully saturated rings. The van der Waals surface area contributed by atoms with Crippen molar-refractivity contribution in [2.75, 3.05) is 12.0 Å². The number of amides is 1. The molecule has 1 amide bonds. The van der Waals surface area contributed by atoms with Gasteiger partial charge in [-0.3, -0.25) is 14.5 Å². The third-order valence-corrected chi connectivity index (χ3v) is 6.66. The molecule has 2 aromatic heterocycles. The summed E-state index contributed by atoms with van der Waals surface area (Å²) in [6.45, 7) is 0. The molecule has 160 valence electrons. The van der Waals surface area contributed by atoms with E-state index >= 15 is 0 Å². The smallest absolute Gasteiger partial charge is 0.296 e. The second-order valence-corrected chi connectivity index (χ2v) is 8.96. The first kappa shape index (κ1) is 20.5. The zero-order chi connectivity index (χ0) is 22.4. The maximum atomic E-state index is 13.2. The van der Waals surface area contributed by atoms with Crippen molar-refractivity contribution in [3.05, 3.63) is 88.0 Å². The van der Waals surface area contributed by atoms with Crippen LogP contribution in [0.2, 0.25) is 0 Å². The summed E-state index contributed by atoms with van der Waals surface area (Å²) >= 11 is 4.72. The minimum Gasteiger partial charge on any atom is -0.503 e. The van der Waals surface area contributed by atoms with E-state index in [9.17, 15) is 14.7 Å². The van der Waals surface area contributed by atoms with Gasteiger partial charge in [0.25, 0.3) is 5.91 Å². The molecule has 0 aliphatic carbocycles. The van der Waals surface area contributed by atoms with E-state index in [0.717, 1.165) is 9.17 Å². The van der Waals surface area contributed by atoms with Gasteiger partial charge in [-0.25, -0.2) is 4.98 Å². The Morgan fingerprint density at radius 2 is 2.06 bits per heavy atom. The molecule has 3 heterocycles. The van der Waals surface area contributed by atoms with Crippen LogP contribution in [0.15, 0.2) is 81.1 Å². The fourth-order valence-electron chi connectivity index (χ4n) is 3.69. The lowest BCUT2D eigenvalue weighted by Gasteiger charge is -2.24. The SMILES string of the molecule is COc1ccc2nc(N3C(=O)C(O)=C(C(=O)c4ccco4)[C@@H]3c3cccc(Br)c3)sc2c1. The Labute approximate surface area is 194 Å². The van der Waals surface area contributed by atoms with Crippen molar-refractivity contribution in [3.63, 3.8) is 0 Å². The van der Waals surface area contributed by atoms with Crippen LogP contribution in [0.4, 0.5) is 5.13 Å². The topological polar surface area (TPSA) is 92.9 Å². The second kappa shape index (κ2) is 7.92. The number of Topliss-reactive ketones (excluding diaryl/α,β-unsaturated/α-hetero) is 1. The lowest BCUT2D eigenvalue weighted by atomic mass is 9.95. The average molecular weight is 511 g/mol. The van der Waals surface area contributed by atoms with E-state index in [1.807, 2.05) is 12.1 Å². The van der Waals surface area contributed by atoms with Crippen LogP contribution >= 0.6 is 27.3 Å². The number of halogens is 1. The molecule has 7 nitrogen and oxygen atoms in total. The van der Waals surface area contributed by atoms with Gasteiger partial charge < -0.3 is 14.3 Å². The number of ketones is 1. The highest BCUT2D eigenvalue weighted by Crippen LogP contribution is 2.44. The van der Waals surface area contributed by atoms with Crippen LogP contribution in [0.5, 0.6) is 5.75 Å². The summed E-state index contributed by atoms with van der Waals surface area (Å²) < 4.78 is 12.1. The number of aliphatic hydroxyl groups is 1. The van der Waals surface area contributed by atoms with E-state index in [4.69, 9.17) is 9.15 Å². The Kier molecular flexibility index (Phi) is 5.07. The molecule has 32 heavy (non-hydrogen) atoms. The fraction of sp³-hybridized carbons (Fsp3) is 0.0870. The number of aliphatic hydroxyl groups excluding tert-OH is 1. The lowest BCUT2D eigenvalue weighted by molar-refractivity contribution is -0.117. The molecule has 1 aliphatic heterocycles. The molecule has 1 aliphatic rings. The van der Waals surface area contributed by atoms with Crippen molar-refractivity contribution < 1.29 is 23.8 Å². The number of anilines is 1. The van der Waals surface area contributed by atoms with E-state index in [-0.39, 0.29) is 11.3 Å². The summed E-state index contributed by atoms with van der Waals surface area (Å²) in [6.07, 6.45) is 1.37. The van der Waals surface area contributed by atoms with E-state index in [1.165, 1.54) is 28.6 Å². The fourth-order valence-corrected chi connectivity index (χ4v) is 5.13. The molecule has 0 spiro atoms. The maximum Gasteiger partial charge on any atom is 0.296 e. The number of fused-ring (bicyclic) bond motifs is 1. The zero-order valence-electron chi connectivity index (χ0n) is 16.6. The minimum atomic E-state index is -0.875.